The minimum atomic E-state index is -0.900. The number of aliphatic hydroxyl groups excluding tert-OH is 1. The number of Topliss-reactive ketones (excluding diaryl/α,β-unsaturated/α-hetero) is 1. The zero-order valence-corrected chi connectivity index (χ0v) is 17.6. The zero-order chi connectivity index (χ0) is 21.1. The number of hydrogen-bond acceptors (Lipinski definition) is 6. The van der Waals surface area contributed by atoms with Gasteiger partial charge in [0.15, 0.2) is 11.9 Å². The summed E-state index contributed by atoms with van der Waals surface area (Å²) in [6.07, 6.45) is 2.52. The summed E-state index contributed by atoms with van der Waals surface area (Å²) in [5.41, 5.74) is 1.09. The van der Waals surface area contributed by atoms with Crippen LogP contribution in [0.4, 0.5) is 0 Å². The van der Waals surface area contributed by atoms with Crippen molar-refractivity contribution in [3.05, 3.63) is 47.2 Å². The highest BCUT2D eigenvalue weighted by Crippen LogP contribution is 2.48. The van der Waals surface area contributed by atoms with Gasteiger partial charge in [0, 0.05) is 24.9 Å². The first-order valence-electron chi connectivity index (χ1n) is 11.1. The topological polar surface area (TPSA) is 76.1 Å². The first kappa shape index (κ1) is 21.1. The number of morpholine rings is 1. The second-order valence-electron chi connectivity index (χ2n) is 8.59. The molecule has 1 saturated carbocycles. The van der Waals surface area contributed by atoms with E-state index in [1.807, 2.05) is 37.3 Å². The Hall–Kier alpha value is -2.18. The van der Waals surface area contributed by atoms with Crippen LogP contribution in [0.15, 0.2) is 41.7 Å². The lowest BCUT2D eigenvalue weighted by molar-refractivity contribution is -0.158. The molecule has 3 atom stereocenters. The van der Waals surface area contributed by atoms with E-state index in [1.165, 1.54) is 0 Å². The smallest absolute Gasteiger partial charge is 0.339 e. The van der Waals surface area contributed by atoms with Gasteiger partial charge in [0.05, 0.1) is 18.8 Å². The number of ketones is 1. The van der Waals surface area contributed by atoms with Gasteiger partial charge in [-0.1, -0.05) is 37.3 Å². The van der Waals surface area contributed by atoms with E-state index in [1.54, 1.807) is 0 Å². The molecule has 2 heterocycles. The Morgan fingerprint density at radius 2 is 1.83 bits per heavy atom. The molecule has 1 aromatic rings. The molecular weight excluding hydrogens is 382 g/mol. The van der Waals surface area contributed by atoms with Crippen LogP contribution in [0, 0.1) is 11.8 Å². The predicted molar refractivity (Wildman–Crippen MR) is 112 cm³/mol. The highest BCUT2D eigenvalue weighted by molar-refractivity contribution is 6.09. The number of ether oxygens (including phenoxy) is 2. The third kappa shape index (κ3) is 4.44. The van der Waals surface area contributed by atoms with Gasteiger partial charge < -0.3 is 14.6 Å². The summed E-state index contributed by atoms with van der Waals surface area (Å²) < 4.78 is 11.1. The van der Waals surface area contributed by atoms with Crippen LogP contribution in [0.5, 0.6) is 0 Å². The largest absolute Gasteiger partial charge is 0.504 e. The molecule has 1 saturated heterocycles. The fourth-order valence-corrected chi connectivity index (χ4v) is 4.69. The molecule has 0 radical (unpaired) electrons. The molecule has 3 aliphatic rings. The number of carbonyl (C=O) groups excluding carboxylic acids is 2. The number of cyclic esters (lactones) is 1. The fraction of sp³-hybridized carbons (Fsp3) is 0.583. The molecular formula is C24H31NO5. The summed E-state index contributed by atoms with van der Waals surface area (Å²) in [6.45, 7) is 6.04. The monoisotopic (exact) mass is 413 g/mol. The van der Waals surface area contributed by atoms with Crippen LogP contribution in [-0.2, 0) is 19.1 Å². The summed E-state index contributed by atoms with van der Waals surface area (Å²) in [5.74, 6) is -1.49. The molecule has 1 N–H and O–H groups in total. The van der Waals surface area contributed by atoms with Gasteiger partial charge in [-0.15, -0.1) is 0 Å². The Balaban J connectivity index is 1.52. The molecule has 0 spiro atoms. The lowest BCUT2D eigenvalue weighted by Gasteiger charge is -2.33. The number of nitrogens with zero attached hydrogens (tertiary/aromatic N) is 1. The number of hydrogen-bond donors (Lipinski definition) is 1. The van der Waals surface area contributed by atoms with Gasteiger partial charge >= 0.3 is 5.97 Å². The molecule has 0 bridgehead atoms. The van der Waals surface area contributed by atoms with Crippen molar-refractivity contribution in [1.29, 1.82) is 0 Å². The molecule has 4 rings (SSSR count). The maximum absolute atomic E-state index is 13.1. The van der Waals surface area contributed by atoms with E-state index in [0.29, 0.717) is 6.42 Å². The van der Waals surface area contributed by atoms with E-state index < -0.39 is 17.9 Å². The number of rotatable bonds is 8. The Bertz CT molecular complexity index is 795. The maximum Gasteiger partial charge on any atom is 0.339 e. The Kier molecular flexibility index (Phi) is 6.54. The van der Waals surface area contributed by atoms with Crippen LogP contribution in [0.1, 0.15) is 44.1 Å². The molecule has 0 amide bonds. The normalized spacial score (nSPS) is 25.2. The van der Waals surface area contributed by atoms with Crippen molar-refractivity contribution in [2.75, 3.05) is 32.8 Å². The number of esters is 1. The van der Waals surface area contributed by atoms with Gasteiger partial charge in [-0.25, -0.2) is 4.79 Å². The molecule has 6 nitrogen and oxygen atoms in total. The van der Waals surface area contributed by atoms with Crippen LogP contribution < -0.4 is 0 Å². The number of benzene rings is 1. The van der Waals surface area contributed by atoms with Crippen LogP contribution in [-0.4, -0.2) is 60.7 Å². The van der Waals surface area contributed by atoms with Crippen molar-refractivity contribution < 1.29 is 24.2 Å². The number of carbonyl (C=O) groups is 2. The minimum absolute atomic E-state index is 0.107. The number of aliphatic hydroxyl groups is 1. The van der Waals surface area contributed by atoms with Crippen LogP contribution >= 0.6 is 0 Å². The lowest BCUT2D eigenvalue weighted by Crippen LogP contribution is -2.44. The molecule has 0 aromatic heterocycles. The summed E-state index contributed by atoms with van der Waals surface area (Å²) in [7, 11) is 0. The van der Waals surface area contributed by atoms with Gasteiger partial charge in [0.2, 0.25) is 5.78 Å². The van der Waals surface area contributed by atoms with Crippen molar-refractivity contribution in [1.82, 2.24) is 4.90 Å². The van der Waals surface area contributed by atoms with Crippen molar-refractivity contribution in [3.63, 3.8) is 0 Å². The minimum Gasteiger partial charge on any atom is -0.504 e. The Labute approximate surface area is 177 Å². The molecule has 1 aliphatic carbocycles. The SMILES string of the molecule is CCC(CCN1CCOCC1)C1OC(=O)C(C(c2ccccc2)C2CC2)=C(O)C1=O. The summed E-state index contributed by atoms with van der Waals surface area (Å²) in [6, 6.07) is 9.65. The van der Waals surface area contributed by atoms with Crippen LogP contribution in [0.3, 0.4) is 0 Å². The van der Waals surface area contributed by atoms with E-state index in [2.05, 4.69) is 4.90 Å². The zero-order valence-electron chi connectivity index (χ0n) is 17.6. The van der Waals surface area contributed by atoms with Gasteiger partial charge in [0.1, 0.15) is 0 Å². The van der Waals surface area contributed by atoms with Gasteiger partial charge in [0.25, 0.3) is 0 Å². The van der Waals surface area contributed by atoms with Crippen LogP contribution in [0.2, 0.25) is 0 Å². The Morgan fingerprint density at radius 3 is 2.47 bits per heavy atom. The summed E-state index contributed by atoms with van der Waals surface area (Å²) >= 11 is 0. The highest BCUT2D eigenvalue weighted by atomic mass is 16.6. The average molecular weight is 414 g/mol. The lowest BCUT2D eigenvalue weighted by atomic mass is 9.82. The average Bonchev–Trinajstić information content (AvgIpc) is 3.61. The van der Waals surface area contributed by atoms with Crippen molar-refractivity contribution >= 4 is 11.8 Å². The summed E-state index contributed by atoms with van der Waals surface area (Å²) in [5, 5.41) is 10.9. The van der Waals surface area contributed by atoms with Crippen LogP contribution in [0.25, 0.3) is 0 Å². The highest BCUT2D eigenvalue weighted by Gasteiger charge is 2.47. The second-order valence-corrected chi connectivity index (χ2v) is 8.59. The maximum atomic E-state index is 13.1. The predicted octanol–water partition coefficient (Wildman–Crippen LogP) is 3.24. The molecule has 30 heavy (non-hydrogen) atoms. The molecule has 3 unspecified atom stereocenters. The van der Waals surface area contributed by atoms with E-state index >= 15 is 0 Å². The molecule has 6 heteroatoms. The van der Waals surface area contributed by atoms with Gasteiger partial charge in [-0.3, -0.25) is 9.69 Å². The van der Waals surface area contributed by atoms with E-state index in [-0.39, 0.29) is 29.1 Å². The third-order valence-corrected chi connectivity index (χ3v) is 6.64. The second kappa shape index (κ2) is 9.31. The molecule has 162 valence electrons. The summed E-state index contributed by atoms with van der Waals surface area (Å²) in [4.78, 5) is 28.4. The third-order valence-electron chi connectivity index (χ3n) is 6.64. The molecule has 1 aromatic carbocycles. The van der Waals surface area contributed by atoms with E-state index in [9.17, 15) is 14.7 Å². The van der Waals surface area contributed by atoms with E-state index in [0.717, 1.165) is 57.7 Å². The quantitative estimate of drug-likeness (QED) is 0.660. The molecule has 2 fully saturated rings. The fourth-order valence-electron chi connectivity index (χ4n) is 4.69. The van der Waals surface area contributed by atoms with Crippen molar-refractivity contribution in [2.45, 2.75) is 44.6 Å². The van der Waals surface area contributed by atoms with Gasteiger partial charge in [-0.2, -0.15) is 0 Å². The standard InChI is InChI=1S/C24H31NO5/c1-2-16(10-11-25-12-14-29-15-13-25)23-22(27)21(26)20(24(28)30-23)19(18-8-9-18)17-6-4-3-5-7-17/h3-7,16,18-19,23,26H,2,8-15H2,1H3. The Morgan fingerprint density at radius 1 is 1.13 bits per heavy atom. The van der Waals surface area contributed by atoms with Gasteiger partial charge in [-0.05, 0) is 43.7 Å². The molecule has 2 aliphatic heterocycles. The van der Waals surface area contributed by atoms with E-state index in [4.69, 9.17) is 9.47 Å². The van der Waals surface area contributed by atoms with Crippen molar-refractivity contribution in [2.24, 2.45) is 11.8 Å². The van der Waals surface area contributed by atoms with Crippen molar-refractivity contribution in [3.8, 4) is 0 Å². The first-order valence-corrected chi connectivity index (χ1v) is 11.1. The first-order chi connectivity index (χ1) is 14.6.